The number of benzene rings is 1. The van der Waals surface area contributed by atoms with E-state index in [0.29, 0.717) is 11.3 Å². The number of terminal acetylenes is 1. The largest absolute Gasteiger partial charge is 0.480 e. The van der Waals surface area contributed by atoms with Crippen molar-refractivity contribution in [2.45, 2.75) is 0 Å². The van der Waals surface area contributed by atoms with Crippen LogP contribution in [0.25, 0.3) is 0 Å². The summed E-state index contributed by atoms with van der Waals surface area (Å²) in [5, 5.41) is 11.1. The zero-order valence-electron chi connectivity index (χ0n) is 10.5. The number of aliphatic carboxylic acids is 1. The van der Waals surface area contributed by atoms with E-state index in [1.807, 2.05) is 0 Å². The number of hydrogen-bond acceptors (Lipinski definition) is 3. The third-order valence-corrected chi connectivity index (χ3v) is 2.24. The summed E-state index contributed by atoms with van der Waals surface area (Å²) in [4.78, 5) is 34.1. The lowest BCUT2D eigenvalue weighted by Gasteiger charge is -2.19. The van der Waals surface area contributed by atoms with Gasteiger partial charge in [0, 0.05) is 11.3 Å². The van der Waals surface area contributed by atoms with Crippen LogP contribution in [0.4, 0.5) is 10.5 Å². The van der Waals surface area contributed by atoms with Gasteiger partial charge in [-0.05, 0) is 18.2 Å². The Balaban J connectivity index is 2.81. The van der Waals surface area contributed by atoms with E-state index in [0.717, 1.165) is 4.90 Å². The molecule has 0 spiro atoms. The number of nitrogens with one attached hydrogen (secondary N) is 1. The molecule has 0 bridgehead atoms. The molecule has 104 valence electrons. The van der Waals surface area contributed by atoms with Gasteiger partial charge in [0.15, 0.2) is 0 Å². The van der Waals surface area contributed by atoms with Crippen LogP contribution in [0.5, 0.6) is 0 Å². The number of hydrogen-bond donors (Lipinski definition) is 3. The summed E-state index contributed by atoms with van der Waals surface area (Å²) < 4.78 is 0. The molecule has 7 heteroatoms. The fourth-order valence-corrected chi connectivity index (χ4v) is 1.44. The molecular weight excluding hydrogens is 262 g/mol. The minimum absolute atomic E-state index is 0.394. The van der Waals surface area contributed by atoms with Crippen molar-refractivity contribution < 1.29 is 19.5 Å². The molecule has 0 aromatic heterocycles. The van der Waals surface area contributed by atoms with Gasteiger partial charge in [0.05, 0.1) is 0 Å². The van der Waals surface area contributed by atoms with E-state index in [2.05, 4.69) is 11.2 Å². The molecule has 20 heavy (non-hydrogen) atoms. The highest BCUT2D eigenvalue weighted by atomic mass is 16.4. The molecule has 3 amide bonds. The number of urea groups is 1. The van der Waals surface area contributed by atoms with Crippen molar-refractivity contribution in [3.05, 3.63) is 29.8 Å². The first-order chi connectivity index (χ1) is 9.42. The number of carbonyl (C=O) groups excluding carboxylic acids is 2. The lowest BCUT2D eigenvalue weighted by molar-refractivity contribution is -0.137. The van der Waals surface area contributed by atoms with Crippen LogP contribution in [-0.2, 0) is 9.59 Å². The topological polar surface area (TPSA) is 113 Å². The zero-order valence-corrected chi connectivity index (χ0v) is 10.5. The summed E-state index contributed by atoms with van der Waals surface area (Å²) in [6.45, 7) is -1.13. The monoisotopic (exact) mass is 275 g/mol. The molecule has 0 unspecified atom stereocenters. The fraction of sp³-hybridized carbons (Fsp3) is 0.154. The van der Waals surface area contributed by atoms with E-state index in [9.17, 15) is 14.4 Å². The minimum Gasteiger partial charge on any atom is -0.480 e. The molecule has 7 nitrogen and oxygen atoms in total. The molecule has 0 saturated heterocycles. The Kier molecular flexibility index (Phi) is 5.12. The lowest BCUT2D eigenvalue weighted by Crippen LogP contribution is -2.43. The van der Waals surface area contributed by atoms with Crippen molar-refractivity contribution >= 4 is 23.6 Å². The van der Waals surface area contributed by atoms with E-state index in [1.165, 1.54) is 0 Å². The molecule has 0 aliphatic carbocycles. The van der Waals surface area contributed by atoms with Crippen LogP contribution in [0, 0.1) is 12.3 Å². The predicted molar refractivity (Wildman–Crippen MR) is 71.8 cm³/mol. The van der Waals surface area contributed by atoms with Gasteiger partial charge in [-0.25, -0.2) is 4.79 Å². The van der Waals surface area contributed by atoms with Gasteiger partial charge in [-0.15, -0.1) is 6.42 Å². The smallest absolute Gasteiger partial charge is 0.323 e. The summed E-state index contributed by atoms with van der Waals surface area (Å²) in [5.41, 5.74) is 5.92. The Morgan fingerprint density at radius 2 is 2.05 bits per heavy atom. The third-order valence-electron chi connectivity index (χ3n) is 2.24. The van der Waals surface area contributed by atoms with Crippen LogP contribution < -0.4 is 11.1 Å². The molecule has 0 aliphatic heterocycles. The predicted octanol–water partition coefficient (Wildman–Crippen LogP) is 0.0717. The molecule has 0 aliphatic rings. The van der Waals surface area contributed by atoms with Crippen molar-refractivity contribution in [2.75, 3.05) is 18.4 Å². The van der Waals surface area contributed by atoms with Gasteiger partial charge in [0.25, 0.3) is 0 Å². The lowest BCUT2D eigenvalue weighted by atomic mass is 10.2. The molecule has 1 aromatic rings. The van der Waals surface area contributed by atoms with Crippen molar-refractivity contribution in [3.63, 3.8) is 0 Å². The number of carboxylic acid groups (broad SMARTS) is 1. The van der Waals surface area contributed by atoms with Crippen molar-refractivity contribution in [2.24, 2.45) is 5.73 Å². The molecular formula is C13H13N3O4. The van der Waals surface area contributed by atoms with Crippen LogP contribution in [0.2, 0.25) is 0 Å². The van der Waals surface area contributed by atoms with Gasteiger partial charge in [0.2, 0.25) is 5.91 Å². The summed E-state index contributed by atoms with van der Waals surface area (Å²) in [6.07, 6.45) is 5.23. The Hall–Kier alpha value is -3.01. The van der Waals surface area contributed by atoms with Gasteiger partial charge in [0.1, 0.15) is 13.1 Å². The van der Waals surface area contributed by atoms with Crippen LogP contribution in [0.3, 0.4) is 0 Å². The number of nitrogens with zero attached hydrogens (tertiary/aromatic N) is 1. The highest BCUT2D eigenvalue weighted by Gasteiger charge is 2.18. The van der Waals surface area contributed by atoms with Gasteiger partial charge < -0.3 is 21.1 Å². The summed E-state index contributed by atoms with van der Waals surface area (Å²) in [6, 6.07) is 5.69. The van der Waals surface area contributed by atoms with E-state index in [4.69, 9.17) is 17.3 Å². The zero-order chi connectivity index (χ0) is 15.1. The second kappa shape index (κ2) is 6.80. The minimum atomic E-state index is -1.25. The number of carboxylic acids is 1. The average molecular weight is 275 g/mol. The Morgan fingerprint density at radius 1 is 1.35 bits per heavy atom. The molecule has 0 radical (unpaired) electrons. The molecule has 4 N–H and O–H groups in total. The standard InChI is InChI=1S/C13H13N3O4/c1-2-9-4-3-5-10(6-9)15-13(20)16(7-11(14)17)8-12(18)19/h1,3-6H,7-8H2,(H2,14,17)(H,15,20)(H,18,19). The first kappa shape index (κ1) is 15.0. The highest BCUT2D eigenvalue weighted by molar-refractivity contribution is 5.94. The van der Waals surface area contributed by atoms with E-state index in [-0.39, 0.29) is 0 Å². The molecule has 1 aromatic carbocycles. The van der Waals surface area contributed by atoms with Gasteiger partial charge >= 0.3 is 12.0 Å². The Labute approximate surface area is 115 Å². The number of carbonyl (C=O) groups is 3. The number of primary amides is 1. The van der Waals surface area contributed by atoms with Crippen molar-refractivity contribution in [3.8, 4) is 12.3 Å². The summed E-state index contributed by atoms with van der Waals surface area (Å²) in [5.74, 6) is 0.343. The van der Waals surface area contributed by atoms with E-state index in [1.54, 1.807) is 24.3 Å². The number of amides is 3. The quantitative estimate of drug-likeness (QED) is 0.660. The molecule has 0 heterocycles. The second-order valence-electron chi connectivity index (χ2n) is 3.87. The third kappa shape index (κ3) is 4.70. The number of nitrogens with two attached hydrogens (primary N) is 1. The Bertz CT molecular complexity index is 561. The molecule has 0 atom stereocenters. The van der Waals surface area contributed by atoms with Crippen LogP contribution in [0.15, 0.2) is 24.3 Å². The van der Waals surface area contributed by atoms with Crippen LogP contribution >= 0.6 is 0 Å². The van der Waals surface area contributed by atoms with E-state index < -0.39 is 31.0 Å². The maximum absolute atomic E-state index is 11.9. The normalized spacial score (nSPS) is 9.35. The SMILES string of the molecule is C#Cc1cccc(NC(=O)N(CC(N)=O)CC(=O)O)c1. The van der Waals surface area contributed by atoms with Gasteiger partial charge in [-0.3, -0.25) is 9.59 Å². The average Bonchev–Trinajstić information content (AvgIpc) is 2.37. The number of anilines is 1. The maximum atomic E-state index is 11.9. The van der Waals surface area contributed by atoms with Crippen LogP contribution in [-0.4, -0.2) is 41.0 Å². The Morgan fingerprint density at radius 3 is 2.60 bits per heavy atom. The molecule has 0 fully saturated rings. The maximum Gasteiger partial charge on any atom is 0.323 e. The summed E-state index contributed by atoms with van der Waals surface area (Å²) in [7, 11) is 0. The fourth-order valence-electron chi connectivity index (χ4n) is 1.44. The molecule has 1 rings (SSSR count). The first-order valence-corrected chi connectivity index (χ1v) is 5.55. The van der Waals surface area contributed by atoms with Crippen molar-refractivity contribution in [1.82, 2.24) is 4.90 Å². The van der Waals surface area contributed by atoms with Crippen LogP contribution in [0.1, 0.15) is 5.56 Å². The van der Waals surface area contributed by atoms with Crippen molar-refractivity contribution in [1.29, 1.82) is 0 Å². The molecule has 0 saturated carbocycles. The highest BCUT2D eigenvalue weighted by Crippen LogP contribution is 2.10. The second-order valence-corrected chi connectivity index (χ2v) is 3.87. The van der Waals surface area contributed by atoms with Gasteiger partial charge in [-0.1, -0.05) is 12.0 Å². The summed E-state index contributed by atoms with van der Waals surface area (Å²) >= 11 is 0. The first-order valence-electron chi connectivity index (χ1n) is 5.55. The van der Waals surface area contributed by atoms with Gasteiger partial charge in [-0.2, -0.15) is 0 Å². The number of rotatable bonds is 5. The van der Waals surface area contributed by atoms with E-state index >= 15 is 0 Å².